The summed E-state index contributed by atoms with van der Waals surface area (Å²) < 4.78 is 13.0. The molecule has 0 unspecified atom stereocenters. The SMILES string of the molecule is O=C(C1CCCCC1)C1CCC(F)CC1. The van der Waals surface area contributed by atoms with Crippen LogP contribution in [0.15, 0.2) is 0 Å². The largest absolute Gasteiger partial charge is 0.299 e. The van der Waals surface area contributed by atoms with Crippen LogP contribution in [0.25, 0.3) is 0 Å². The standard InChI is InChI=1S/C13H21FO/c14-12-8-6-11(7-9-12)13(15)10-4-2-1-3-5-10/h10-12H,1-9H2. The molecular weight excluding hydrogens is 191 g/mol. The van der Waals surface area contributed by atoms with E-state index >= 15 is 0 Å². The molecule has 2 heteroatoms. The fraction of sp³-hybridized carbons (Fsp3) is 0.923. The Hall–Kier alpha value is -0.400. The van der Waals surface area contributed by atoms with E-state index < -0.39 is 6.17 Å². The lowest BCUT2D eigenvalue weighted by Gasteiger charge is -2.28. The molecule has 0 spiro atoms. The van der Waals surface area contributed by atoms with Crippen LogP contribution in [0.2, 0.25) is 0 Å². The van der Waals surface area contributed by atoms with Crippen LogP contribution in [0.5, 0.6) is 0 Å². The number of carbonyl (C=O) groups excluding carboxylic acids is 1. The summed E-state index contributed by atoms with van der Waals surface area (Å²) in [7, 11) is 0. The summed E-state index contributed by atoms with van der Waals surface area (Å²) in [5.41, 5.74) is 0. The molecule has 2 aliphatic rings. The van der Waals surface area contributed by atoms with Gasteiger partial charge in [-0.25, -0.2) is 4.39 Å². The van der Waals surface area contributed by atoms with Crippen molar-refractivity contribution in [3.63, 3.8) is 0 Å². The molecule has 0 radical (unpaired) electrons. The number of hydrogen-bond donors (Lipinski definition) is 0. The summed E-state index contributed by atoms with van der Waals surface area (Å²) in [6.07, 6.45) is 8.10. The molecule has 0 atom stereocenters. The molecule has 0 saturated heterocycles. The Morgan fingerprint density at radius 3 is 1.93 bits per heavy atom. The highest BCUT2D eigenvalue weighted by molar-refractivity contribution is 5.83. The van der Waals surface area contributed by atoms with Gasteiger partial charge in [0.2, 0.25) is 0 Å². The minimum atomic E-state index is -0.639. The van der Waals surface area contributed by atoms with Gasteiger partial charge in [0.15, 0.2) is 0 Å². The maximum atomic E-state index is 13.0. The van der Waals surface area contributed by atoms with Crippen LogP contribution in [0.1, 0.15) is 57.8 Å². The van der Waals surface area contributed by atoms with E-state index in [1.165, 1.54) is 19.3 Å². The molecule has 0 amide bonds. The third-order valence-electron chi connectivity index (χ3n) is 4.07. The summed E-state index contributed by atoms with van der Waals surface area (Å²) in [5.74, 6) is 0.974. The highest BCUT2D eigenvalue weighted by Gasteiger charge is 2.31. The van der Waals surface area contributed by atoms with Crippen LogP contribution >= 0.6 is 0 Å². The highest BCUT2D eigenvalue weighted by Crippen LogP contribution is 2.33. The molecule has 0 aromatic carbocycles. The quantitative estimate of drug-likeness (QED) is 0.682. The monoisotopic (exact) mass is 212 g/mol. The van der Waals surface area contributed by atoms with Crippen LogP contribution < -0.4 is 0 Å². The fourth-order valence-electron chi connectivity index (χ4n) is 3.06. The number of hydrogen-bond acceptors (Lipinski definition) is 1. The van der Waals surface area contributed by atoms with Crippen molar-refractivity contribution in [1.82, 2.24) is 0 Å². The zero-order valence-electron chi connectivity index (χ0n) is 9.38. The van der Waals surface area contributed by atoms with Gasteiger partial charge in [0.1, 0.15) is 12.0 Å². The smallest absolute Gasteiger partial charge is 0.139 e. The van der Waals surface area contributed by atoms with Crippen molar-refractivity contribution in [2.45, 2.75) is 64.0 Å². The van der Waals surface area contributed by atoms with E-state index in [4.69, 9.17) is 0 Å². The molecule has 0 aliphatic heterocycles. The summed E-state index contributed by atoms with van der Waals surface area (Å²) in [6.45, 7) is 0. The van der Waals surface area contributed by atoms with Crippen molar-refractivity contribution in [1.29, 1.82) is 0 Å². The number of ketones is 1. The van der Waals surface area contributed by atoms with Crippen molar-refractivity contribution in [2.24, 2.45) is 11.8 Å². The van der Waals surface area contributed by atoms with Gasteiger partial charge >= 0.3 is 0 Å². The average Bonchev–Trinajstić information content (AvgIpc) is 2.30. The van der Waals surface area contributed by atoms with Crippen LogP contribution in [0, 0.1) is 11.8 Å². The molecule has 15 heavy (non-hydrogen) atoms. The Balaban J connectivity index is 1.84. The van der Waals surface area contributed by atoms with E-state index in [2.05, 4.69) is 0 Å². The Bertz CT molecular complexity index is 213. The predicted octanol–water partition coefficient (Wildman–Crippen LogP) is 3.66. The average molecular weight is 212 g/mol. The van der Waals surface area contributed by atoms with Crippen molar-refractivity contribution in [3.05, 3.63) is 0 Å². The lowest BCUT2D eigenvalue weighted by atomic mass is 9.76. The van der Waals surface area contributed by atoms with Crippen LogP contribution in [0.3, 0.4) is 0 Å². The van der Waals surface area contributed by atoms with Crippen molar-refractivity contribution in [2.75, 3.05) is 0 Å². The molecule has 0 heterocycles. The third-order valence-corrected chi connectivity index (χ3v) is 4.07. The maximum absolute atomic E-state index is 13.0. The summed E-state index contributed by atoms with van der Waals surface area (Å²) in [5, 5.41) is 0. The number of carbonyl (C=O) groups is 1. The minimum absolute atomic E-state index is 0.195. The summed E-state index contributed by atoms with van der Waals surface area (Å²) in [6, 6.07) is 0. The van der Waals surface area contributed by atoms with E-state index in [0.29, 0.717) is 24.5 Å². The molecule has 2 fully saturated rings. The fourth-order valence-corrected chi connectivity index (χ4v) is 3.06. The zero-order chi connectivity index (χ0) is 10.7. The molecule has 2 saturated carbocycles. The van der Waals surface area contributed by atoms with Crippen molar-refractivity contribution in [3.8, 4) is 0 Å². The molecule has 0 bridgehead atoms. The third kappa shape index (κ3) is 2.79. The molecular formula is C13H21FO. The first kappa shape index (κ1) is 11.1. The van der Waals surface area contributed by atoms with Gasteiger partial charge in [0.25, 0.3) is 0 Å². The van der Waals surface area contributed by atoms with Gasteiger partial charge in [-0.3, -0.25) is 4.79 Å². The van der Waals surface area contributed by atoms with Crippen LogP contribution in [-0.4, -0.2) is 12.0 Å². The molecule has 0 aromatic rings. The lowest BCUT2D eigenvalue weighted by molar-refractivity contribution is -0.129. The molecule has 0 N–H and O–H groups in total. The second-order valence-electron chi connectivity index (χ2n) is 5.19. The Morgan fingerprint density at radius 2 is 1.33 bits per heavy atom. The first-order valence-electron chi connectivity index (χ1n) is 6.45. The normalized spacial score (nSPS) is 33.9. The van der Waals surface area contributed by atoms with Gasteiger partial charge < -0.3 is 0 Å². The van der Waals surface area contributed by atoms with Crippen LogP contribution in [-0.2, 0) is 4.79 Å². The molecule has 0 aromatic heterocycles. The van der Waals surface area contributed by atoms with E-state index in [9.17, 15) is 9.18 Å². The Labute approximate surface area is 91.4 Å². The van der Waals surface area contributed by atoms with E-state index in [1.54, 1.807) is 0 Å². The molecule has 2 rings (SSSR count). The van der Waals surface area contributed by atoms with Crippen molar-refractivity contribution < 1.29 is 9.18 Å². The lowest BCUT2D eigenvalue weighted by Crippen LogP contribution is -2.29. The number of halogens is 1. The van der Waals surface area contributed by atoms with Gasteiger partial charge in [-0.2, -0.15) is 0 Å². The van der Waals surface area contributed by atoms with E-state index in [0.717, 1.165) is 25.7 Å². The number of alkyl halides is 1. The van der Waals surface area contributed by atoms with E-state index in [-0.39, 0.29) is 5.92 Å². The van der Waals surface area contributed by atoms with E-state index in [1.807, 2.05) is 0 Å². The Morgan fingerprint density at radius 1 is 0.800 bits per heavy atom. The van der Waals surface area contributed by atoms with Gasteiger partial charge in [0.05, 0.1) is 0 Å². The second-order valence-corrected chi connectivity index (χ2v) is 5.19. The minimum Gasteiger partial charge on any atom is -0.299 e. The highest BCUT2D eigenvalue weighted by atomic mass is 19.1. The van der Waals surface area contributed by atoms with Gasteiger partial charge in [-0.15, -0.1) is 0 Å². The van der Waals surface area contributed by atoms with Gasteiger partial charge in [0, 0.05) is 11.8 Å². The molecule has 86 valence electrons. The van der Waals surface area contributed by atoms with Crippen molar-refractivity contribution >= 4 is 5.78 Å². The molecule has 2 aliphatic carbocycles. The maximum Gasteiger partial charge on any atom is 0.139 e. The second kappa shape index (κ2) is 5.09. The van der Waals surface area contributed by atoms with Crippen LogP contribution in [0.4, 0.5) is 4.39 Å². The molecule has 1 nitrogen and oxygen atoms in total. The summed E-state index contributed by atoms with van der Waals surface area (Å²) in [4.78, 5) is 12.1. The first-order chi connectivity index (χ1) is 7.27. The predicted molar refractivity (Wildman–Crippen MR) is 58.4 cm³/mol. The van der Waals surface area contributed by atoms with Gasteiger partial charge in [-0.1, -0.05) is 19.3 Å². The summed E-state index contributed by atoms with van der Waals surface area (Å²) >= 11 is 0. The first-order valence-corrected chi connectivity index (χ1v) is 6.45. The zero-order valence-corrected chi connectivity index (χ0v) is 9.38. The number of rotatable bonds is 2. The Kier molecular flexibility index (Phi) is 3.76. The topological polar surface area (TPSA) is 17.1 Å². The number of Topliss-reactive ketones (excluding diaryl/α,β-unsaturated/α-hetero) is 1. The van der Waals surface area contributed by atoms with Gasteiger partial charge in [-0.05, 0) is 38.5 Å².